The van der Waals surface area contributed by atoms with Crippen molar-refractivity contribution in [2.24, 2.45) is 0 Å². The lowest BCUT2D eigenvalue weighted by Crippen LogP contribution is -2.32. The van der Waals surface area contributed by atoms with Crippen LogP contribution in [0.1, 0.15) is 51.5 Å². The first-order valence-corrected chi connectivity index (χ1v) is 7.81. The predicted octanol–water partition coefficient (Wildman–Crippen LogP) is 3.69. The molecule has 0 heterocycles. The first-order valence-electron chi connectivity index (χ1n) is 7.81. The van der Waals surface area contributed by atoms with Crippen LogP contribution >= 0.6 is 0 Å². The van der Waals surface area contributed by atoms with Crippen LogP contribution in [0.4, 0.5) is 5.69 Å². The van der Waals surface area contributed by atoms with Crippen LogP contribution in [0.5, 0.6) is 0 Å². The predicted molar refractivity (Wildman–Crippen MR) is 89.9 cm³/mol. The van der Waals surface area contributed by atoms with Gasteiger partial charge in [-0.1, -0.05) is 24.3 Å². The van der Waals surface area contributed by atoms with Gasteiger partial charge in [-0.3, -0.25) is 4.79 Å². The zero-order chi connectivity index (χ0) is 15.7. The van der Waals surface area contributed by atoms with E-state index in [1.807, 2.05) is 44.2 Å². The first-order chi connectivity index (χ1) is 10.6. The molecule has 0 aliphatic heterocycles. The number of amides is 1. The Morgan fingerprint density at radius 3 is 2.64 bits per heavy atom. The molecular formula is C19H22N2O. The number of hydrogen-bond donors (Lipinski definition) is 2. The fourth-order valence-electron chi connectivity index (χ4n) is 3.39. The molecule has 2 aromatic carbocycles. The molecule has 0 saturated carbocycles. The zero-order valence-electron chi connectivity index (χ0n) is 13.1. The summed E-state index contributed by atoms with van der Waals surface area (Å²) in [6.45, 7) is 3.97. The van der Waals surface area contributed by atoms with E-state index < -0.39 is 0 Å². The SMILES string of the molecule is Cc1cccc(C)c1C(=O)NC1CCCc2cc(N)ccc21. The number of benzene rings is 2. The Balaban J connectivity index is 1.87. The van der Waals surface area contributed by atoms with E-state index in [1.165, 1.54) is 11.1 Å². The number of anilines is 1. The van der Waals surface area contributed by atoms with Gasteiger partial charge in [0.2, 0.25) is 0 Å². The van der Waals surface area contributed by atoms with Crippen LogP contribution in [0, 0.1) is 13.8 Å². The van der Waals surface area contributed by atoms with Crippen LogP contribution in [0.3, 0.4) is 0 Å². The summed E-state index contributed by atoms with van der Waals surface area (Å²) in [5.41, 5.74) is 12.0. The Bertz CT molecular complexity index is 701. The Hall–Kier alpha value is -2.29. The lowest BCUT2D eigenvalue weighted by atomic mass is 9.87. The van der Waals surface area contributed by atoms with E-state index >= 15 is 0 Å². The summed E-state index contributed by atoms with van der Waals surface area (Å²) >= 11 is 0. The number of hydrogen-bond acceptors (Lipinski definition) is 2. The van der Waals surface area contributed by atoms with Gasteiger partial charge in [-0.2, -0.15) is 0 Å². The summed E-state index contributed by atoms with van der Waals surface area (Å²) in [7, 11) is 0. The van der Waals surface area contributed by atoms with Crippen molar-refractivity contribution in [1.29, 1.82) is 0 Å². The van der Waals surface area contributed by atoms with Gasteiger partial charge in [0, 0.05) is 11.3 Å². The highest BCUT2D eigenvalue weighted by Gasteiger charge is 2.23. The highest BCUT2D eigenvalue weighted by molar-refractivity contribution is 5.97. The third-order valence-corrected chi connectivity index (χ3v) is 4.49. The largest absolute Gasteiger partial charge is 0.399 e. The molecule has 0 bridgehead atoms. The van der Waals surface area contributed by atoms with Crippen LogP contribution < -0.4 is 11.1 Å². The lowest BCUT2D eigenvalue weighted by Gasteiger charge is -2.27. The van der Waals surface area contributed by atoms with Gasteiger partial charge in [-0.15, -0.1) is 0 Å². The summed E-state index contributed by atoms with van der Waals surface area (Å²) in [5, 5.41) is 3.21. The topological polar surface area (TPSA) is 55.1 Å². The van der Waals surface area contributed by atoms with E-state index in [9.17, 15) is 4.79 Å². The molecule has 22 heavy (non-hydrogen) atoms. The molecule has 2 aromatic rings. The van der Waals surface area contributed by atoms with Crippen LogP contribution in [-0.2, 0) is 6.42 Å². The molecule has 1 amide bonds. The molecule has 3 nitrogen and oxygen atoms in total. The minimum Gasteiger partial charge on any atom is -0.399 e. The number of carbonyl (C=O) groups excluding carboxylic acids is 1. The van der Waals surface area contributed by atoms with Crippen molar-refractivity contribution < 1.29 is 4.79 Å². The standard InChI is InChI=1S/C19H22N2O/c1-12-5-3-6-13(2)18(12)19(22)21-17-8-4-7-14-11-15(20)9-10-16(14)17/h3,5-6,9-11,17H,4,7-8,20H2,1-2H3,(H,21,22). The summed E-state index contributed by atoms with van der Waals surface area (Å²) in [6, 6.07) is 12.0. The highest BCUT2D eigenvalue weighted by Crippen LogP contribution is 2.31. The average Bonchev–Trinajstić information content (AvgIpc) is 2.47. The van der Waals surface area contributed by atoms with E-state index in [-0.39, 0.29) is 11.9 Å². The van der Waals surface area contributed by atoms with Gasteiger partial charge in [0.05, 0.1) is 6.04 Å². The fourth-order valence-corrected chi connectivity index (χ4v) is 3.39. The minimum absolute atomic E-state index is 0.0188. The Labute approximate surface area is 131 Å². The third kappa shape index (κ3) is 2.71. The molecule has 0 saturated heterocycles. The van der Waals surface area contributed by atoms with Crippen molar-refractivity contribution in [3.63, 3.8) is 0 Å². The Kier molecular flexibility index (Phi) is 3.88. The molecule has 1 atom stereocenters. The van der Waals surface area contributed by atoms with Gasteiger partial charge in [0.25, 0.3) is 5.91 Å². The summed E-state index contributed by atoms with van der Waals surface area (Å²) in [5.74, 6) is 0.0188. The molecule has 3 N–H and O–H groups in total. The number of aryl methyl sites for hydroxylation is 3. The normalized spacial score (nSPS) is 16.9. The summed E-state index contributed by atoms with van der Waals surface area (Å²) in [6.07, 6.45) is 3.10. The second-order valence-electron chi connectivity index (χ2n) is 6.14. The molecule has 114 valence electrons. The molecule has 0 aromatic heterocycles. The van der Waals surface area contributed by atoms with E-state index in [1.54, 1.807) is 0 Å². The van der Waals surface area contributed by atoms with E-state index in [4.69, 9.17) is 5.73 Å². The van der Waals surface area contributed by atoms with Crippen LogP contribution in [0.15, 0.2) is 36.4 Å². The van der Waals surface area contributed by atoms with Gasteiger partial charge in [0.15, 0.2) is 0 Å². The third-order valence-electron chi connectivity index (χ3n) is 4.49. The fraction of sp³-hybridized carbons (Fsp3) is 0.316. The highest BCUT2D eigenvalue weighted by atomic mass is 16.1. The van der Waals surface area contributed by atoms with E-state index in [2.05, 4.69) is 11.4 Å². The number of nitrogens with one attached hydrogen (secondary N) is 1. The average molecular weight is 294 g/mol. The van der Waals surface area contributed by atoms with Crippen molar-refractivity contribution in [3.8, 4) is 0 Å². The van der Waals surface area contributed by atoms with Crippen molar-refractivity contribution in [3.05, 3.63) is 64.2 Å². The summed E-state index contributed by atoms with van der Waals surface area (Å²) in [4.78, 5) is 12.7. The maximum absolute atomic E-state index is 12.7. The molecule has 0 radical (unpaired) electrons. The van der Waals surface area contributed by atoms with Gasteiger partial charge in [-0.25, -0.2) is 0 Å². The number of fused-ring (bicyclic) bond motifs is 1. The maximum Gasteiger partial charge on any atom is 0.252 e. The van der Waals surface area contributed by atoms with E-state index in [0.717, 1.165) is 41.6 Å². The van der Waals surface area contributed by atoms with Gasteiger partial charge < -0.3 is 11.1 Å². The number of nitrogen functional groups attached to an aromatic ring is 1. The molecule has 0 spiro atoms. The van der Waals surface area contributed by atoms with Gasteiger partial charge >= 0.3 is 0 Å². The van der Waals surface area contributed by atoms with Crippen molar-refractivity contribution in [2.45, 2.75) is 39.2 Å². The molecule has 3 heteroatoms. The molecule has 1 aliphatic rings. The second-order valence-corrected chi connectivity index (χ2v) is 6.14. The van der Waals surface area contributed by atoms with Crippen LogP contribution in [0.25, 0.3) is 0 Å². The van der Waals surface area contributed by atoms with Crippen molar-refractivity contribution >= 4 is 11.6 Å². The van der Waals surface area contributed by atoms with Crippen molar-refractivity contribution in [2.75, 3.05) is 5.73 Å². The summed E-state index contributed by atoms with van der Waals surface area (Å²) < 4.78 is 0. The Morgan fingerprint density at radius 2 is 1.91 bits per heavy atom. The molecule has 1 aliphatic carbocycles. The van der Waals surface area contributed by atoms with Gasteiger partial charge in [0.1, 0.15) is 0 Å². The molecular weight excluding hydrogens is 272 g/mol. The molecule has 3 rings (SSSR count). The lowest BCUT2D eigenvalue weighted by molar-refractivity contribution is 0.0931. The quantitative estimate of drug-likeness (QED) is 0.830. The van der Waals surface area contributed by atoms with E-state index in [0.29, 0.717) is 0 Å². The smallest absolute Gasteiger partial charge is 0.252 e. The molecule has 0 fully saturated rings. The molecule has 1 unspecified atom stereocenters. The number of rotatable bonds is 2. The zero-order valence-corrected chi connectivity index (χ0v) is 13.1. The first kappa shape index (κ1) is 14.6. The van der Waals surface area contributed by atoms with Crippen LogP contribution in [0.2, 0.25) is 0 Å². The van der Waals surface area contributed by atoms with Crippen LogP contribution in [-0.4, -0.2) is 5.91 Å². The number of carbonyl (C=O) groups is 1. The number of nitrogens with two attached hydrogens (primary N) is 1. The second kappa shape index (κ2) is 5.84. The maximum atomic E-state index is 12.7. The monoisotopic (exact) mass is 294 g/mol. The van der Waals surface area contributed by atoms with Crippen molar-refractivity contribution in [1.82, 2.24) is 5.32 Å². The Morgan fingerprint density at radius 1 is 1.18 bits per heavy atom. The van der Waals surface area contributed by atoms with Gasteiger partial charge in [-0.05, 0) is 67.5 Å². The minimum atomic E-state index is 0.0188.